The lowest BCUT2D eigenvalue weighted by Crippen LogP contribution is -2.49. The van der Waals surface area contributed by atoms with Gasteiger partial charge in [0.15, 0.2) is 0 Å². The third-order valence-corrected chi connectivity index (χ3v) is 5.05. The molecule has 0 saturated carbocycles. The molecule has 144 valence electrons. The first kappa shape index (κ1) is 19.4. The number of carboxylic acids is 1. The average molecular weight is 393 g/mol. The van der Waals surface area contributed by atoms with E-state index in [1.165, 1.54) is 17.4 Å². The molecule has 0 bridgehead atoms. The molecule has 1 unspecified atom stereocenters. The van der Waals surface area contributed by atoms with Crippen molar-refractivity contribution in [2.24, 2.45) is 0 Å². The van der Waals surface area contributed by atoms with Gasteiger partial charge in [0.05, 0.1) is 19.3 Å². The van der Waals surface area contributed by atoms with Crippen LogP contribution in [0.15, 0.2) is 29.6 Å². The fourth-order valence-corrected chi connectivity index (χ4v) is 3.77. The van der Waals surface area contributed by atoms with Gasteiger partial charge in [-0.1, -0.05) is 12.1 Å². The standard InChI is InChI=1S/C18H20FN3O4S/c1-21(10-16(23)24)8-12-9-22(6-7-26-12)18(25)15-11-27-17(20-15)13-4-2-3-5-14(13)19/h2-5,11-12H,6-10H2,1H3,(H,23,24). The Hall–Kier alpha value is -2.36. The number of ether oxygens (including phenoxy) is 1. The summed E-state index contributed by atoms with van der Waals surface area (Å²) in [5.74, 6) is -1.52. The summed E-state index contributed by atoms with van der Waals surface area (Å²) in [7, 11) is 1.69. The first-order valence-electron chi connectivity index (χ1n) is 8.45. The van der Waals surface area contributed by atoms with Crippen molar-refractivity contribution in [3.8, 4) is 10.6 Å². The molecule has 3 rings (SSSR count). The summed E-state index contributed by atoms with van der Waals surface area (Å²) in [4.78, 5) is 31.1. The molecule has 1 aromatic carbocycles. The van der Waals surface area contributed by atoms with E-state index in [2.05, 4.69) is 4.98 Å². The van der Waals surface area contributed by atoms with E-state index >= 15 is 0 Å². The minimum absolute atomic E-state index is 0.0914. The van der Waals surface area contributed by atoms with Crippen LogP contribution in [0, 0.1) is 5.82 Å². The Labute approximate surface area is 160 Å². The molecule has 1 aliphatic heterocycles. The number of aliphatic carboxylic acids is 1. The largest absolute Gasteiger partial charge is 0.480 e. The van der Waals surface area contributed by atoms with Gasteiger partial charge >= 0.3 is 5.97 Å². The minimum atomic E-state index is -0.913. The molecule has 1 saturated heterocycles. The molecule has 7 nitrogen and oxygen atoms in total. The quantitative estimate of drug-likeness (QED) is 0.806. The number of aromatic nitrogens is 1. The Balaban J connectivity index is 1.65. The van der Waals surface area contributed by atoms with E-state index in [0.717, 1.165) is 0 Å². The number of thiazole rings is 1. The van der Waals surface area contributed by atoms with E-state index < -0.39 is 5.97 Å². The fourth-order valence-electron chi connectivity index (χ4n) is 2.95. The lowest BCUT2D eigenvalue weighted by Gasteiger charge is -2.34. The molecule has 0 radical (unpaired) electrons. The number of benzene rings is 1. The fraction of sp³-hybridized carbons (Fsp3) is 0.389. The Morgan fingerprint density at radius 3 is 2.96 bits per heavy atom. The molecule has 2 heterocycles. The molecule has 27 heavy (non-hydrogen) atoms. The molecule has 1 amide bonds. The molecule has 1 fully saturated rings. The van der Waals surface area contributed by atoms with Crippen LogP contribution in [0.1, 0.15) is 10.5 Å². The van der Waals surface area contributed by atoms with Crippen molar-refractivity contribution in [3.05, 3.63) is 41.2 Å². The van der Waals surface area contributed by atoms with Crippen molar-refractivity contribution in [1.82, 2.24) is 14.8 Å². The molecule has 1 atom stereocenters. The van der Waals surface area contributed by atoms with Crippen molar-refractivity contribution < 1.29 is 23.8 Å². The van der Waals surface area contributed by atoms with Crippen molar-refractivity contribution in [2.75, 3.05) is 39.8 Å². The van der Waals surface area contributed by atoms with Crippen LogP contribution < -0.4 is 0 Å². The number of hydrogen-bond donors (Lipinski definition) is 1. The Bertz CT molecular complexity index is 828. The molecule has 0 spiro atoms. The SMILES string of the molecule is CN(CC(=O)O)CC1CN(C(=O)c2csc(-c3ccccc3F)n2)CCO1. The second-order valence-electron chi connectivity index (χ2n) is 6.35. The zero-order valence-corrected chi connectivity index (χ0v) is 15.6. The van der Waals surface area contributed by atoms with Crippen LogP contribution in [0.3, 0.4) is 0 Å². The zero-order valence-electron chi connectivity index (χ0n) is 14.8. The van der Waals surface area contributed by atoms with Gasteiger partial charge in [-0.05, 0) is 19.2 Å². The highest BCUT2D eigenvalue weighted by molar-refractivity contribution is 7.13. The third-order valence-electron chi connectivity index (χ3n) is 4.17. The van der Waals surface area contributed by atoms with Crippen LogP contribution in [-0.4, -0.2) is 77.7 Å². The maximum Gasteiger partial charge on any atom is 0.317 e. The van der Waals surface area contributed by atoms with Gasteiger partial charge in [0.2, 0.25) is 0 Å². The molecular formula is C18H20FN3O4S. The normalized spacial score (nSPS) is 17.3. The molecule has 2 aromatic rings. The van der Waals surface area contributed by atoms with Crippen LogP contribution in [0.5, 0.6) is 0 Å². The van der Waals surface area contributed by atoms with Gasteiger partial charge < -0.3 is 14.7 Å². The molecule has 1 N–H and O–H groups in total. The van der Waals surface area contributed by atoms with Crippen LogP contribution in [0.25, 0.3) is 10.6 Å². The maximum atomic E-state index is 13.9. The molecule has 0 aliphatic carbocycles. The smallest absolute Gasteiger partial charge is 0.317 e. The van der Waals surface area contributed by atoms with Crippen molar-refractivity contribution in [2.45, 2.75) is 6.10 Å². The van der Waals surface area contributed by atoms with Gasteiger partial charge in [-0.25, -0.2) is 9.37 Å². The Morgan fingerprint density at radius 2 is 2.22 bits per heavy atom. The highest BCUT2D eigenvalue weighted by Crippen LogP contribution is 2.26. The third kappa shape index (κ3) is 4.88. The average Bonchev–Trinajstić information content (AvgIpc) is 3.10. The zero-order chi connectivity index (χ0) is 19.4. The van der Waals surface area contributed by atoms with Gasteiger partial charge in [-0.15, -0.1) is 11.3 Å². The topological polar surface area (TPSA) is 83.0 Å². The summed E-state index contributed by atoms with van der Waals surface area (Å²) in [5, 5.41) is 10.9. The van der Waals surface area contributed by atoms with Crippen LogP contribution >= 0.6 is 11.3 Å². The molecule has 1 aliphatic rings. The number of likely N-dealkylation sites (N-methyl/N-ethyl adjacent to an activating group) is 1. The first-order chi connectivity index (χ1) is 12.9. The highest BCUT2D eigenvalue weighted by atomic mass is 32.1. The monoisotopic (exact) mass is 393 g/mol. The van der Waals surface area contributed by atoms with Crippen molar-refractivity contribution >= 4 is 23.2 Å². The molecule has 9 heteroatoms. The van der Waals surface area contributed by atoms with Gasteiger partial charge in [0.1, 0.15) is 16.5 Å². The molecular weight excluding hydrogens is 373 g/mol. The predicted octanol–water partition coefficient (Wildman–Crippen LogP) is 1.81. The number of carbonyl (C=O) groups excluding carboxylic acids is 1. The van der Waals surface area contributed by atoms with E-state index in [0.29, 0.717) is 36.8 Å². The number of hydrogen-bond acceptors (Lipinski definition) is 6. The van der Waals surface area contributed by atoms with E-state index in [1.54, 1.807) is 40.4 Å². The number of halogens is 1. The molecule has 1 aromatic heterocycles. The second kappa shape index (κ2) is 8.55. The van der Waals surface area contributed by atoms with E-state index in [-0.39, 0.29) is 30.1 Å². The van der Waals surface area contributed by atoms with Crippen LogP contribution in [0.4, 0.5) is 4.39 Å². The summed E-state index contributed by atoms with van der Waals surface area (Å²) in [6, 6.07) is 6.32. The first-order valence-corrected chi connectivity index (χ1v) is 9.33. The van der Waals surface area contributed by atoms with Crippen molar-refractivity contribution in [1.29, 1.82) is 0 Å². The Morgan fingerprint density at radius 1 is 1.44 bits per heavy atom. The number of nitrogens with zero attached hydrogens (tertiary/aromatic N) is 3. The number of carboxylic acid groups (broad SMARTS) is 1. The highest BCUT2D eigenvalue weighted by Gasteiger charge is 2.27. The lowest BCUT2D eigenvalue weighted by atomic mass is 10.2. The van der Waals surface area contributed by atoms with E-state index in [9.17, 15) is 14.0 Å². The summed E-state index contributed by atoms with van der Waals surface area (Å²) in [6.07, 6.45) is -0.267. The van der Waals surface area contributed by atoms with Gasteiger partial charge in [-0.2, -0.15) is 0 Å². The van der Waals surface area contributed by atoms with Gasteiger partial charge in [0, 0.05) is 30.6 Å². The number of morpholine rings is 1. The van der Waals surface area contributed by atoms with Gasteiger partial charge in [-0.3, -0.25) is 14.5 Å². The second-order valence-corrected chi connectivity index (χ2v) is 7.21. The van der Waals surface area contributed by atoms with Gasteiger partial charge in [0.25, 0.3) is 5.91 Å². The van der Waals surface area contributed by atoms with Crippen molar-refractivity contribution in [3.63, 3.8) is 0 Å². The summed E-state index contributed by atoms with van der Waals surface area (Å²) in [5.41, 5.74) is 0.648. The number of amides is 1. The van der Waals surface area contributed by atoms with E-state index in [4.69, 9.17) is 9.84 Å². The Kier molecular flexibility index (Phi) is 6.15. The summed E-state index contributed by atoms with van der Waals surface area (Å²) in [6.45, 7) is 1.49. The lowest BCUT2D eigenvalue weighted by molar-refractivity contribution is -0.138. The minimum Gasteiger partial charge on any atom is -0.480 e. The van der Waals surface area contributed by atoms with Crippen LogP contribution in [-0.2, 0) is 9.53 Å². The van der Waals surface area contributed by atoms with E-state index in [1.807, 2.05) is 0 Å². The summed E-state index contributed by atoms with van der Waals surface area (Å²) >= 11 is 1.22. The predicted molar refractivity (Wildman–Crippen MR) is 98.3 cm³/mol. The maximum absolute atomic E-state index is 13.9. The number of rotatable bonds is 6. The van der Waals surface area contributed by atoms with Crippen LogP contribution in [0.2, 0.25) is 0 Å². The number of carbonyl (C=O) groups is 2. The summed E-state index contributed by atoms with van der Waals surface area (Å²) < 4.78 is 19.6.